The first kappa shape index (κ1) is 17.2. The Morgan fingerprint density at radius 3 is 2.76 bits per heavy atom. The summed E-state index contributed by atoms with van der Waals surface area (Å²) in [5.74, 6) is 0.783. The molecule has 4 nitrogen and oxygen atoms in total. The van der Waals surface area contributed by atoms with Gasteiger partial charge in [0.25, 0.3) is 0 Å². The lowest BCUT2D eigenvalue weighted by molar-refractivity contribution is 0.591. The predicted octanol–water partition coefficient (Wildman–Crippen LogP) is 3.86. The smallest absolute Gasteiger partial charge is 0.129 e. The summed E-state index contributed by atoms with van der Waals surface area (Å²) in [6.45, 7) is 1.95. The molecule has 4 heteroatoms. The number of rotatable bonds is 4. The number of fused-ring (bicyclic) bond motifs is 1. The van der Waals surface area contributed by atoms with E-state index in [0.717, 1.165) is 29.9 Å². The van der Waals surface area contributed by atoms with Crippen molar-refractivity contribution >= 4 is 11.5 Å². The van der Waals surface area contributed by atoms with Gasteiger partial charge in [-0.1, -0.05) is 30.3 Å². The number of nitrogens with one attached hydrogen (secondary N) is 2. The van der Waals surface area contributed by atoms with Gasteiger partial charge in [-0.15, -0.1) is 0 Å². The van der Waals surface area contributed by atoms with E-state index in [1.54, 1.807) is 13.2 Å². The minimum absolute atomic E-state index is 0.429. The lowest BCUT2D eigenvalue weighted by atomic mass is 9.94. The minimum Gasteiger partial charge on any atom is -0.404 e. The second-order valence-electron chi connectivity index (χ2n) is 6.39. The van der Waals surface area contributed by atoms with Crippen molar-refractivity contribution in [2.75, 3.05) is 19.4 Å². The van der Waals surface area contributed by atoms with Crippen LogP contribution in [0, 0.1) is 0 Å². The van der Waals surface area contributed by atoms with Crippen LogP contribution >= 0.6 is 0 Å². The zero-order valence-electron chi connectivity index (χ0n) is 15.1. The van der Waals surface area contributed by atoms with Gasteiger partial charge >= 0.3 is 0 Å². The van der Waals surface area contributed by atoms with Crippen LogP contribution in [0.4, 0.5) is 5.69 Å². The van der Waals surface area contributed by atoms with Gasteiger partial charge in [-0.25, -0.2) is 0 Å². The van der Waals surface area contributed by atoms with Crippen LogP contribution in [0.5, 0.6) is 0 Å². The molecule has 2 aromatic rings. The maximum Gasteiger partial charge on any atom is 0.129 e. The lowest BCUT2D eigenvalue weighted by Crippen LogP contribution is -2.15. The number of benzene rings is 2. The fourth-order valence-corrected chi connectivity index (χ4v) is 3.54. The third-order valence-electron chi connectivity index (χ3n) is 4.88. The fraction of sp³-hybridized carbons (Fsp3) is 0.286. The second kappa shape index (κ2) is 7.53. The van der Waals surface area contributed by atoms with E-state index in [0.29, 0.717) is 6.04 Å². The van der Waals surface area contributed by atoms with Gasteiger partial charge in [0.05, 0.1) is 0 Å². The van der Waals surface area contributed by atoms with E-state index in [9.17, 15) is 0 Å². The third kappa shape index (κ3) is 3.44. The van der Waals surface area contributed by atoms with Crippen molar-refractivity contribution < 1.29 is 0 Å². The Labute approximate surface area is 149 Å². The largest absolute Gasteiger partial charge is 0.404 e. The van der Waals surface area contributed by atoms with E-state index >= 15 is 0 Å². The average molecular weight is 334 g/mol. The zero-order chi connectivity index (χ0) is 17.8. The lowest BCUT2D eigenvalue weighted by Gasteiger charge is -2.17. The minimum atomic E-state index is 0.429. The summed E-state index contributed by atoms with van der Waals surface area (Å²) in [5, 5.41) is 6.82. The molecule has 0 saturated heterocycles. The summed E-state index contributed by atoms with van der Waals surface area (Å²) in [6, 6.07) is 15.5. The molecule has 1 aliphatic rings. The van der Waals surface area contributed by atoms with Gasteiger partial charge in [0.2, 0.25) is 0 Å². The highest BCUT2D eigenvalue weighted by atomic mass is 15.0. The summed E-state index contributed by atoms with van der Waals surface area (Å²) < 4.78 is 0. The van der Waals surface area contributed by atoms with E-state index in [-0.39, 0.29) is 0 Å². The van der Waals surface area contributed by atoms with Crippen LogP contribution in [-0.4, -0.2) is 19.9 Å². The summed E-state index contributed by atoms with van der Waals surface area (Å²) in [7, 11) is 3.81. The van der Waals surface area contributed by atoms with E-state index < -0.39 is 0 Å². The first-order valence-electron chi connectivity index (χ1n) is 8.70. The van der Waals surface area contributed by atoms with Crippen LogP contribution in [0.15, 0.2) is 59.2 Å². The van der Waals surface area contributed by atoms with E-state index in [4.69, 9.17) is 5.73 Å². The summed E-state index contributed by atoms with van der Waals surface area (Å²) >= 11 is 0. The summed E-state index contributed by atoms with van der Waals surface area (Å²) in [5.41, 5.74) is 13.0. The molecule has 25 heavy (non-hydrogen) atoms. The maximum atomic E-state index is 5.63. The molecular formula is C21H26N4. The van der Waals surface area contributed by atoms with Gasteiger partial charge in [0.15, 0.2) is 0 Å². The van der Waals surface area contributed by atoms with Crippen LogP contribution in [0.25, 0.3) is 11.1 Å². The average Bonchev–Trinajstić information content (AvgIpc) is 3.09. The molecule has 0 bridgehead atoms. The standard InChI is InChI=1S/C21H26N4/c1-14(13-22)21(24-3)25-17-8-4-7-16(12-17)18-9-5-6-15-10-11-19(23-2)20(15)18/h4-9,12-13,19,23H,10-11,22H2,1-3H3,(H,24,25). The normalized spacial score (nSPS) is 17.5. The molecule has 0 spiro atoms. The molecule has 4 N–H and O–H groups in total. The van der Waals surface area contributed by atoms with Crippen molar-refractivity contribution in [3.05, 3.63) is 65.4 Å². The molecule has 1 unspecified atom stereocenters. The summed E-state index contributed by atoms with van der Waals surface area (Å²) in [6.07, 6.45) is 3.87. The van der Waals surface area contributed by atoms with Crippen LogP contribution in [0.3, 0.4) is 0 Å². The predicted molar refractivity (Wildman–Crippen MR) is 107 cm³/mol. The number of aliphatic imine (C=N–C) groups is 1. The number of hydrogen-bond acceptors (Lipinski definition) is 3. The number of hydrogen-bond donors (Lipinski definition) is 3. The maximum absolute atomic E-state index is 5.63. The van der Waals surface area contributed by atoms with Crippen molar-refractivity contribution in [3.8, 4) is 11.1 Å². The van der Waals surface area contributed by atoms with Gasteiger partial charge in [-0.3, -0.25) is 4.99 Å². The Morgan fingerprint density at radius 1 is 1.24 bits per heavy atom. The highest BCUT2D eigenvalue weighted by Gasteiger charge is 2.24. The molecular weight excluding hydrogens is 308 g/mol. The van der Waals surface area contributed by atoms with Gasteiger partial charge in [0, 0.05) is 30.5 Å². The Morgan fingerprint density at radius 2 is 2.04 bits per heavy atom. The van der Waals surface area contributed by atoms with E-state index in [1.165, 1.54) is 22.3 Å². The Hall–Kier alpha value is -2.59. The number of amidine groups is 1. The number of aryl methyl sites for hydroxylation is 1. The summed E-state index contributed by atoms with van der Waals surface area (Å²) in [4.78, 5) is 4.29. The molecule has 2 aromatic carbocycles. The van der Waals surface area contributed by atoms with Crippen LogP contribution in [0.2, 0.25) is 0 Å². The van der Waals surface area contributed by atoms with Crippen molar-refractivity contribution in [3.63, 3.8) is 0 Å². The van der Waals surface area contributed by atoms with Crippen molar-refractivity contribution in [2.24, 2.45) is 10.7 Å². The van der Waals surface area contributed by atoms with Crippen molar-refractivity contribution in [1.82, 2.24) is 5.32 Å². The second-order valence-corrected chi connectivity index (χ2v) is 6.39. The molecule has 0 saturated carbocycles. The molecule has 0 heterocycles. The monoisotopic (exact) mass is 334 g/mol. The van der Waals surface area contributed by atoms with E-state index in [1.807, 2.05) is 14.0 Å². The van der Waals surface area contributed by atoms with Gasteiger partial charge in [0.1, 0.15) is 5.84 Å². The molecule has 1 atom stereocenters. The quantitative estimate of drug-likeness (QED) is 0.588. The van der Waals surface area contributed by atoms with Gasteiger partial charge in [-0.2, -0.15) is 0 Å². The molecule has 1 aliphatic carbocycles. The SMILES string of the molecule is CN=C(Nc1cccc(-c2cccc3c2C(NC)CC3)c1)C(C)=CN. The van der Waals surface area contributed by atoms with E-state index in [2.05, 4.69) is 58.1 Å². The molecule has 3 rings (SSSR count). The van der Waals surface area contributed by atoms with Crippen LogP contribution < -0.4 is 16.4 Å². The van der Waals surface area contributed by atoms with Crippen LogP contribution in [0.1, 0.15) is 30.5 Å². The number of anilines is 1. The first-order chi connectivity index (χ1) is 12.2. The molecule has 0 fully saturated rings. The van der Waals surface area contributed by atoms with Gasteiger partial charge in [-0.05, 0) is 61.2 Å². The van der Waals surface area contributed by atoms with Crippen molar-refractivity contribution in [1.29, 1.82) is 0 Å². The van der Waals surface area contributed by atoms with Crippen LogP contribution in [-0.2, 0) is 6.42 Å². The fourth-order valence-electron chi connectivity index (χ4n) is 3.54. The Kier molecular flexibility index (Phi) is 5.19. The Balaban J connectivity index is 1.97. The topological polar surface area (TPSA) is 62.4 Å². The molecule has 0 amide bonds. The number of nitrogens with zero attached hydrogens (tertiary/aromatic N) is 1. The zero-order valence-corrected chi connectivity index (χ0v) is 15.1. The first-order valence-corrected chi connectivity index (χ1v) is 8.70. The molecule has 130 valence electrons. The third-order valence-corrected chi connectivity index (χ3v) is 4.88. The Bertz CT molecular complexity index is 820. The highest BCUT2D eigenvalue weighted by Crippen LogP contribution is 2.39. The molecule has 0 radical (unpaired) electrons. The number of nitrogens with two attached hydrogens (primary N) is 1. The van der Waals surface area contributed by atoms with Crippen molar-refractivity contribution in [2.45, 2.75) is 25.8 Å². The molecule has 0 aliphatic heterocycles. The van der Waals surface area contributed by atoms with Gasteiger partial charge < -0.3 is 16.4 Å². The molecule has 0 aromatic heterocycles. The highest BCUT2D eigenvalue weighted by molar-refractivity contribution is 6.07.